The van der Waals surface area contributed by atoms with E-state index in [4.69, 9.17) is 4.74 Å². The highest BCUT2D eigenvalue weighted by Gasteiger charge is 2.22. The molecule has 0 unspecified atom stereocenters. The highest BCUT2D eigenvalue weighted by molar-refractivity contribution is 7.17. The lowest BCUT2D eigenvalue weighted by atomic mass is 9.91. The Hall–Kier alpha value is -3.45. The van der Waals surface area contributed by atoms with E-state index in [1.807, 2.05) is 18.2 Å². The van der Waals surface area contributed by atoms with Crippen LogP contribution in [0.5, 0.6) is 0 Å². The predicted octanol–water partition coefficient (Wildman–Crippen LogP) is 4.01. The van der Waals surface area contributed by atoms with E-state index >= 15 is 0 Å². The minimum Gasteiger partial charge on any atom is -0.451 e. The maximum Gasteiger partial charge on any atom is 0.348 e. The van der Waals surface area contributed by atoms with E-state index in [1.165, 1.54) is 27.4 Å². The van der Waals surface area contributed by atoms with Crippen LogP contribution < -0.4 is 5.32 Å². The molecule has 0 aliphatic heterocycles. The zero-order valence-corrected chi connectivity index (χ0v) is 18.1. The number of nitrogens with zero attached hydrogens (tertiary/aromatic N) is 1. The Bertz CT molecular complexity index is 1150. The molecular weight excluding hydrogens is 412 g/mol. The van der Waals surface area contributed by atoms with Gasteiger partial charge in [-0.25, -0.2) is 4.79 Å². The van der Waals surface area contributed by atoms with Gasteiger partial charge in [0.25, 0.3) is 11.8 Å². The maximum atomic E-state index is 12.5. The van der Waals surface area contributed by atoms with Crippen molar-refractivity contribution in [2.75, 3.05) is 26.0 Å². The van der Waals surface area contributed by atoms with Crippen LogP contribution in [-0.2, 0) is 22.4 Å². The van der Waals surface area contributed by atoms with E-state index < -0.39 is 11.9 Å². The minimum absolute atomic E-state index is 0.118. The second-order valence-electron chi connectivity index (χ2n) is 7.52. The van der Waals surface area contributed by atoms with E-state index in [1.54, 1.807) is 38.4 Å². The van der Waals surface area contributed by atoms with Crippen molar-refractivity contribution in [1.82, 2.24) is 4.90 Å². The molecule has 0 atom stereocenters. The van der Waals surface area contributed by atoms with Gasteiger partial charge in [-0.05, 0) is 59.9 Å². The number of rotatable bonds is 5. The Labute approximate surface area is 184 Å². The van der Waals surface area contributed by atoms with Gasteiger partial charge in [0.2, 0.25) is 0 Å². The standard InChI is InChI=1S/C24H22N2O4S/c1-26(2)23(28)16-9-11-18(12-10-16)25-21(27)14-30-24(29)20-13-17-8-7-15-5-3-4-6-19(15)22(17)31-20/h3-6,9-13H,7-8,14H2,1-2H3,(H,25,27). The fraction of sp³-hybridized carbons (Fsp3) is 0.208. The van der Waals surface area contributed by atoms with Crippen LogP contribution >= 0.6 is 11.3 Å². The lowest BCUT2D eigenvalue weighted by Crippen LogP contribution is -2.22. The predicted molar refractivity (Wildman–Crippen MR) is 121 cm³/mol. The molecule has 158 valence electrons. The Morgan fingerprint density at radius 3 is 2.45 bits per heavy atom. The second-order valence-corrected chi connectivity index (χ2v) is 8.58. The summed E-state index contributed by atoms with van der Waals surface area (Å²) in [4.78, 5) is 39.7. The third kappa shape index (κ3) is 4.51. The maximum absolute atomic E-state index is 12.5. The van der Waals surface area contributed by atoms with E-state index in [0.29, 0.717) is 16.1 Å². The van der Waals surface area contributed by atoms with Gasteiger partial charge in [-0.15, -0.1) is 11.3 Å². The van der Waals surface area contributed by atoms with Crippen LogP contribution in [0.1, 0.15) is 31.2 Å². The van der Waals surface area contributed by atoms with Crippen LogP contribution in [0.15, 0.2) is 54.6 Å². The van der Waals surface area contributed by atoms with Crippen molar-refractivity contribution in [2.24, 2.45) is 0 Å². The summed E-state index contributed by atoms with van der Waals surface area (Å²) in [5.41, 5.74) is 4.65. The Morgan fingerprint density at radius 1 is 1.00 bits per heavy atom. The van der Waals surface area contributed by atoms with Crippen LogP contribution in [0.25, 0.3) is 10.4 Å². The molecule has 4 rings (SSSR count). The Kier molecular flexibility index (Phi) is 5.86. The van der Waals surface area contributed by atoms with Crippen molar-refractivity contribution < 1.29 is 19.1 Å². The van der Waals surface area contributed by atoms with E-state index in [2.05, 4.69) is 17.4 Å². The van der Waals surface area contributed by atoms with Crippen molar-refractivity contribution >= 4 is 34.8 Å². The number of thiophene rings is 1. The number of esters is 1. The molecule has 1 aliphatic carbocycles. The number of ether oxygens (including phenoxy) is 1. The first kappa shape index (κ1) is 20.8. The third-order valence-electron chi connectivity index (χ3n) is 5.09. The summed E-state index contributed by atoms with van der Waals surface area (Å²) in [5.74, 6) is -1.06. The van der Waals surface area contributed by atoms with E-state index in [0.717, 1.165) is 23.3 Å². The zero-order chi connectivity index (χ0) is 22.0. The van der Waals surface area contributed by atoms with Crippen LogP contribution in [0, 0.1) is 0 Å². The number of aryl methyl sites for hydroxylation is 2. The molecule has 31 heavy (non-hydrogen) atoms. The van der Waals surface area contributed by atoms with Crippen molar-refractivity contribution in [3.8, 4) is 10.4 Å². The zero-order valence-electron chi connectivity index (χ0n) is 17.3. The monoisotopic (exact) mass is 434 g/mol. The highest BCUT2D eigenvalue weighted by Crippen LogP contribution is 2.39. The SMILES string of the molecule is CN(C)C(=O)c1ccc(NC(=O)COC(=O)c2cc3c(s2)-c2ccccc2CC3)cc1. The molecule has 0 spiro atoms. The van der Waals surface area contributed by atoms with Gasteiger partial charge in [0.1, 0.15) is 4.88 Å². The van der Waals surface area contributed by atoms with Gasteiger partial charge in [0.05, 0.1) is 0 Å². The molecule has 2 amide bonds. The number of benzene rings is 2. The first-order chi connectivity index (χ1) is 14.9. The van der Waals surface area contributed by atoms with Gasteiger partial charge in [-0.2, -0.15) is 0 Å². The number of hydrogen-bond donors (Lipinski definition) is 1. The molecule has 1 N–H and O–H groups in total. The van der Waals surface area contributed by atoms with Crippen molar-refractivity contribution in [2.45, 2.75) is 12.8 Å². The quantitative estimate of drug-likeness (QED) is 0.616. The number of amides is 2. The molecule has 0 radical (unpaired) electrons. The molecule has 0 saturated heterocycles. The number of hydrogen-bond acceptors (Lipinski definition) is 5. The van der Waals surface area contributed by atoms with E-state index in [9.17, 15) is 14.4 Å². The number of nitrogens with one attached hydrogen (secondary N) is 1. The largest absolute Gasteiger partial charge is 0.451 e. The average Bonchev–Trinajstić information content (AvgIpc) is 3.22. The molecule has 1 aliphatic rings. The summed E-state index contributed by atoms with van der Waals surface area (Å²) in [5, 5.41) is 2.67. The fourth-order valence-electron chi connectivity index (χ4n) is 3.53. The average molecular weight is 435 g/mol. The first-order valence-electron chi connectivity index (χ1n) is 9.92. The molecule has 0 fully saturated rings. The van der Waals surface area contributed by atoms with Gasteiger partial charge < -0.3 is 15.0 Å². The van der Waals surface area contributed by atoms with Gasteiger partial charge in [-0.3, -0.25) is 9.59 Å². The second kappa shape index (κ2) is 8.73. The summed E-state index contributed by atoms with van der Waals surface area (Å²) < 4.78 is 5.22. The summed E-state index contributed by atoms with van der Waals surface area (Å²) in [6.45, 7) is -0.379. The number of carbonyl (C=O) groups is 3. The topological polar surface area (TPSA) is 75.7 Å². The van der Waals surface area contributed by atoms with Gasteiger partial charge in [-0.1, -0.05) is 24.3 Å². The van der Waals surface area contributed by atoms with Crippen molar-refractivity contribution in [3.63, 3.8) is 0 Å². The molecule has 1 aromatic heterocycles. The molecular formula is C24H22N2O4S. The van der Waals surface area contributed by atoms with Gasteiger partial charge in [0.15, 0.2) is 6.61 Å². The molecule has 3 aromatic rings. The molecule has 0 bridgehead atoms. The van der Waals surface area contributed by atoms with Crippen LogP contribution in [0.3, 0.4) is 0 Å². The van der Waals surface area contributed by atoms with Gasteiger partial charge in [0, 0.05) is 30.2 Å². The lowest BCUT2D eigenvalue weighted by molar-refractivity contribution is -0.119. The van der Waals surface area contributed by atoms with Crippen molar-refractivity contribution in [3.05, 3.63) is 76.2 Å². The molecule has 6 nitrogen and oxygen atoms in total. The highest BCUT2D eigenvalue weighted by atomic mass is 32.1. The molecule has 7 heteroatoms. The molecule has 2 aromatic carbocycles. The van der Waals surface area contributed by atoms with Crippen molar-refractivity contribution in [1.29, 1.82) is 0 Å². The molecule has 1 heterocycles. The number of carbonyl (C=O) groups excluding carboxylic acids is 3. The normalized spacial score (nSPS) is 11.8. The summed E-state index contributed by atoms with van der Waals surface area (Å²) >= 11 is 1.41. The number of fused-ring (bicyclic) bond motifs is 3. The smallest absolute Gasteiger partial charge is 0.348 e. The van der Waals surface area contributed by atoms with Crippen LogP contribution in [-0.4, -0.2) is 43.4 Å². The van der Waals surface area contributed by atoms with Gasteiger partial charge >= 0.3 is 5.97 Å². The Morgan fingerprint density at radius 2 is 1.71 bits per heavy atom. The van der Waals surface area contributed by atoms with E-state index in [-0.39, 0.29) is 12.5 Å². The lowest BCUT2D eigenvalue weighted by Gasteiger charge is -2.15. The van der Waals surface area contributed by atoms with Crippen LogP contribution in [0.4, 0.5) is 5.69 Å². The third-order valence-corrected chi connectivity index (χ3v) is 6.28. The number of anilines is 1. The Balaban J connectivity index is 1.35. The fourth-order valence-corrected chi connectivity index (χ4v) is 4.69. The molecule has 0 saturated carbocycles. The summed E-state index contributed by atoms with van der Waals surface area (Å²) in [7, 11) is 3.35. The summed E-state index contributed by atoms with van der Waals surface area (Å²) in [6.07, 6.45) is 1.85. The summed E-state index contributed by atoms with van der Waals surface area (Å²) in [6, 6.07) is 16.6. The van der Waals surface area contributed by atoms with Crippen LogP contribution in [0.2, 0.25) is 0 Å². The minimum atomic E-state index is -0.501. The first-order valence-corrected chi connectivity index (χ1v) is 10.7.